The minimum absolute atomic E-state index is 0.0372. The molecule has 0 saturated carbocycles. The number of piperidine rings is 1. The molecule has 22 heavy (non-hydrogen) atoms. The third kappa shape index (κ3) is 3.79. The normalized spacial score (nSPS) is 17.2. The molecule has 120 valence electrons. The summed E-state index contributed by atoms with van der Waals surface area (Å²) in [5.74, 6) is 0.402. The molecule has 1 aromatic heterocycles. The smallest absolute Gasteiger partial charge is 0.221 e. The average Bonchev–Trinajstić information content (AvgIpc) is 2.97. The number of nitrogens with zero attached hydrogens (tertiary/aromatic N) is 2. The summed E-state index contributed by atoms with van der Waals surface area (Å²) in [6.45, 7) is 2.39. The van der Waals surface area contributed by atoms with Crippen molar-refractivity contribution in [3.05, 3.63) is 24.3 Å². The van der Waals surface area contributed by atoms with E-state index >= 15 is 0 Å². The van der Waals surface area contributed by atoms with Crippen molar-refractivity contribution < 1.29 is 8.42 Å². The highest BCUT2D eigenvalue weighted by atomic mass is 79.9. The van der Waals surface area contributed by atoms with E-state index in [2.05, 4.69) is 36.6 Å². The maximum Gasteiger partial charge on any atom is 0.221 e. The number of aromatic nitrogens is 1. The van der Waals surface area contributed by atoms with Gasteiger partial charge in [0.15, 0.2) is 5.13 Å². The van der Waals surface area contributed by atoms with Crippen LogP contribution < -0.4 is 9.62 Å². The zero-order valence-corrected chi connectivity index (χ0v) is 15.3. The molecule has 1 fully saturated rings. The number of fused-ring (bicyclic) bond motifs is 1. The van der Waals surface area contributed by atoms with E-state index in [1.165, 1.54) is 4.70 Å². The number of hydrogen-bond donors (Lipinski definition) is 1. The first-order chi connectivity index (χ1) is 10.6. The van der Waals surface area contributed by atoms with Gasteiger partial charge in [-0.2, -0.15) is 0 Å². The van der Waals surface area contributed by atoms with Gasteiger partial charge in [0, 0.05) is 19.6 Å². The number of nitrogens with one attached hydrogen (secondary N) is 1. The fourth-order valence-corrected chi connectivity index (χ4v) is 4.68. The van der Waals surface area contributed by atoms with E-state index in [1.807, 2.05) is 18.2 Å². The van der Waals surface area contributed by atoms with Gasteiger partial charge in [-0.05, 0) is 30.9 Å². The minimum atomic E-state index is -3.16. The number of sulfonamides is 1. The summed E-state index contributed by atoms with van der Waals surface area (Å²) in [6.07, 6.45) is 1.97. The van der Waals surface area contributed by atoms with Crippen LogP contribution in [0.1, 0.15) is 12.8 Å². The molecule has 1 saturated heterocycles. The highest BCUT2D eigenvalue weighted by molar-refractivity contribution is 9.10. The zero-order chi connectivity index (χ0) is 15.6. The second kappa shape index (κ2) is 6.82. The fourth-order valence-electron chi connectivity index (χ4n) is 2.61. The van der Waals surface area contributed by atoms with E-state index in [1.54, 1.807) is 11.3 Å². The molecule has 2 heterocycles. The number of thiazole rings is 1. The number of alkyl halides is 1. The molecular formula is C14H18BrN3O2S2. The number of benzene rings is 1. The molecule has 0 aliphatic carbocycles. The monoisotopic (exact) mass is 403 g/mol. The third-order valence-corrected chi connectivity index (χ3v) is 7.70. The van der Waals surface area contributed by atoms with Gasteiger partial charge in [-0.3, -0.25) is 0 Å². The van der Waals surface area contributed by atoms with Crippen LogP contribution in [0.2, 0.25) is 0 Å². The number of halogens is 1. The molecule has 1 N–H and O–H groups in total. The van der Waals surface area contributed by atoms with E-state index in [0.717, 1.165) is 36.6 Å². The minimum Gasteiger partial charge on any atom is -0.348 e. The predicted molar refractivity (Wildman–Crippen MR) is 95.3 cm³/mol. The number of anilines is 1. The Balaban J connectivity index is 1.57. The molecular weight excluding hydrogens is 386 g/mol. The lowest BCUT2D eigenvalue weighted by atomic mass is 9.97. The van der Waals surface area contributed by atoms with Crippen molar-refractivity contribution >= 4 is 52.6 Å². The molecule has 1 aromatic carbocycles. The average molecular weight is 404 g/mol. The van der Waals surface area contributed by atoms with Gasteiger partial charge in [-0.15, -0.1) is 0 Å². The SMILES string of the molecule is O=S(=O)(CBr)NCC1CCN(c2nc3ccccc3s2)CC1. The molecule has 5 nitrogen and oxygen atoms in total. The second-order valence-electron chi connectivity index (χ2n) is 5.47. The highest BCUT2D eigenvalue weighted by Gasteiger charge is 2.22. The first-order valence-corrected chi connectivity index (χ1v) is 10.8. The van der Waals surface area contributed by atoms with Gasteiger partial charge in [0.1, 0.15) is 4.66 Å². The standard InChI is InChI=1S/C14H18BrN3O2S2/c15-10-22(19,20)16-9-11-5-7-18(8-6-11)14-17-12-3-1-2-4-13(12)21-14/h1-4,11,16H,5-10H2. The van der Waals surface area contributed by atoms with Gasteiger partial charge < -0.3 is 4.90 Å². The second-order valence-corrected chi connectivity index (χ2v) is 9.59. The van der Waals surface area contributed by atoms with Crippen LogP contribution in [-0.2, 0) is 10.0 Å². The van der Waals surface area contributed by atoms with Gasteiger partial charge in [0.05, 0.1) is 10.2 Å². The number of para-hydroxylation sites is 1. The van der Waals surface area contributed by atoms with Crippen LogP contribution in [0.4, 0.5) is 5.13 Å². The largest absolute Gasteiger partial charge is 0.348 e. The molecule has 3 rings (SSSR count). The molecule has 2 aromatic rings. The van der Waals surface area contributed by atoms with Crippen LogP contribution in [0.3, 0.4) is 0 Å². The molecule has 0 unspecified atom stereocenters. The lowest BCUT2D eigenvalue weighted by molar-refractivity contribution is 0.402. The number of hydrogen-bond acceptors (Lipinski definition) is 5. The topological polar surface area (TPSA) is 62.3 Å². The summed E-state index contributed by atoms with van der Waals surface area (Å²) in [5, 5.41) is 1.07. The van der Waals surface area contributed by atoms with Crippen LogP contribution in [0.25, 0.3) is 10.2 Å². The maximum atomic E-state index is 11.5. The Morgan fingerprint density at radius 2 is 2.05 bits per heavy atom. The van der Waals surface area contributed by atoms with Crippen LogP contribution >= 0.6 is 27.3 Å². The van der Waals surface area contributed by atoms with Gasteiger partial charge in [-0.25, -0.2) is 18.1 Å². The summed E-state index contributed by atoms with van der Waals surface area (Å²) < 4.78 is 26.7. The Bertz CT molecular complexity index is 706. The van der Waals surface area contributed by atoms with Crippen molar-refractivity contribution in [1.82, 2.24) is 9.71 Å². The van der Waals surface area contributed by atoms with E-state index in [0.29, 0.717) is 12.5 Å². The maximum absolute atomic E-state index is 11.5. The summed E-state index contributed by atoms with van der Waals surface area (Å²) in [5.41, 5.74) is 1.05. The van der Waals surface area contributed by atoms with Crippen molar-refractivity contribution in [1.29, 1.82) is 0 Å². The van der Waals surface area contributed by atoms with Crippen LogP contribution in [0.5, 0.6) is 0 Å². The molecule has 0 atom stereocenters. The molecule has 0 spiro atoms. The molecule has 0 amide bonds. The summed E-state index contributed by atoms with van der Waals surface area (Å²) in [7, 11) is -3.16. The lowest BCUT2D eigenvalue weighted by Gasteiger charge is -2.31. The molecule has 8 heteroatoms. The molecule has 0 bridgehead atoms. The van der Waals surface area contributed by atoms with Crippen LogP contribution in [-0.4, -0.2) is 37.7 Å². The lowest BCUT2D eigenvalue weighted by Crippen LogP contribution is -2.38. The Morgan fingerprint density at radius 3 is 2.73 bits per heavy atom. The fraction of sp³-hybridized carbons (Fsp3) is 0.500. The van der Waals surface area contributed by atoms with E-state index in [4.69, 9.17) is 0 Å². The van der Waals surface area contributed by atoms with Crippen molar-refractivity contribution in [2.45, 2.75) is 12.8 Å². The molecule has 1 aliphatic rings. The van der Waals surface area contributed by atoms with E-state index in [9.17, 15) is 8.42 Å². The Morgan fingerprint density at radius 1 is 1.32 bits per heavy atom. The quantitative estimate of drug-likeness (QED) is 0.779. The Hall–Kier alpha value is -0.700. The Labute approximate surface area is 142 Å². The van der Waals surface area contributed by atoms with Crippen LogP contribution in [0, 0.1) is 5.92 Å². The predicted octanol–water partition coefficient (Wildman–Crippen LogP) is 2.78. The van der Waals surface area contributed by atoms with Gasteiger partial charge >= 0.3 is 0 Å². The van der Waals surface area contributed by atoms with Crippen molar-refractivity contribution in [2.24, 2.45) is 5.92 Å². The molecule has 1 aliphatic heterocycles. The number of rotatable bonds is 5. The first kappa shape index (κ1) is 16.2. The van der Waals surface area contributed by atoms with Crippen LogP contribution in [0.15, 0.2) is 24.3 Å². The van der Waals surface area contributed by atoms with Crippen molar-refractivity contribution in [3.63, 3.8) is 0 Å². The van der Waals surface area contributed by atoms with Crippen molar-refractivity contribution in [3.8, 4) is 0 Å². The van der Waals surface area contributed by atoms with E-state index < -0.39 is 10.0 Å². The van der Waals surface area contributed by atoms with Gasteiger partial charge in [0.2, 0.25) is 10.0 Å². The highest BCUT2D eigenvalue weighted by Crippen LogP contribution is 2.31. The van der Waals surface area contributed by atoms with Crippen molar-refractivity contribution in [2.75, 3.05) is 29.2 Å². The third-order valence-electron chi connectivity index (χ3n) is 3.90. The van der Waals surface area contributed by atoms with Gasteiger partial charge in [0.25, 0.3) is 0 Å². The van der Waals surface area contributed by atoms with E-state index in [-0.39, 0.29) is 4.66 Å². The van der Waals surface area contributed by atoms with Gasteiger partial charge in [-0.1, -0.05) is 39.4 Å². The summed E-state index contributed by atoms with van der Waals surface area (Å²) in [6, 6.07) is 8.18. The summed E-state index contributed by atoms with van der Waals surface area (Å²) in [4.78, 5) is 6.99. The first-order valence-electron chi connectivity index (χ1n) is 7.21. The summed E-state index contributed by atoms with van der Waals surface area (Å²) >= 11 is 4.71. The Kier molecular flexibility index (Phi) is 5.01. The molecule has 0 radical (unpaired) electrons. The zero-order valence-electron chi connectivity index (χ0n) is 12.0.